The zero-order valence-electron chi connectivity index (χ0n) is 10.5. The summed E-state index contributed by atoms with van der Waals surface area (Å²) in [6, 6.07) is 0.494. The second-order valence-electron chi connectivity index (χ2n) is 5.14. The lowest BCUT2D eigenvalue weighted by Gasteiger charge is -2.05. The van der Waals surface area contributed by atoms with Crippen molar-refractivity contribution in [3.8, 4) is 0 Å². The third-order valence-electron chi connectivity index (χ3n) is 2.75. The zero-order valence-corrected chi connectivity index (χ0v) is 11.3. The fraction of sp³-hybridized carbons (Fsp3) is 0.750. The van der Waals surface area contributed by atoms with Crippen LogP contribution in [0.15, 0.2) is 0 Å². The first-order chi connectivity index (χ1) is 8.36. The Morgan fingerprint density at radius 2 is 2.06 bits per heavy atom. The van der Waals surface area contributed by atoms with Gasteiger partial charge in [-0.25, -0.2) is 4.98 Å². The summed E-state index contributed by atoms with van der Waals surface area (Å²) in [5.74, 6) is 0.313. The Morgan fingerprint density at radius 1 is 1.39 bits per heavy atom. The van der Waals surface area contributed by atoms with Crippen LogP contribution in [0.1, 0.15) is 42.3 Å². The van der Waals surface area contributed by atoms with Crippen LogP contribution in [-0.4, -0.2) is 11.0 Å². The summed E-state index contributed by atoms with van der Waals surface area (Å²) < 4.78 is 38.0. The highest BCUT2D eigenvalue weighted by molar-refractivity contribution is 7.11. The van der Waals surface area contributed by atoms with Gasteiger partial charge in [0.25, 0.3) is 0 Å². The molecule has 1 aliphatic rings. The van der Waals surface area contributed by atoms with Gasteiger partial charge in [0.05, 0.1) is 5.69 Å². The third-order valence-corrected chi connectivity index (χ3v) is 3.89. The van der Waals surface area contributed by atoms with E-state index in [1.54, 1.807) is 0 Å². The molecule has 102 valence electrons. The number of thiazole rings is 1. The van der Waals surface area contributed by atoms with Crippen LogP contribution in [0.2, 0.25) is 0 Å². The van der Waals surface area contributed by atoms with Crippen LogP contribution in [-0.2, 0) is 19.1 Å². The molecule has 0 bridgehead atoms. The second-order valence-corrected chi connectivity index (χ2v) is 6.22. The molecule has 2 nitrogen and oxygen atoms in total. The van der Waals surface area contributed by atoms with E-state index in [0.29, 0.717) is 30.6 Å². The van der Waals surface area contributed by atoms with Crippen LogP contribution in [0.5, 0.6) is 0 Å². The Balaban J connectivity index is 2.14. The number of alkyl halides is 3. The third kappa shape index (κ3) is 3.68. The summed E-state index contributed by atoms with van der Waals surface area (Å²) in [5.41, 5.74) is 0.607. The minimum absolute atomic E-state index is 0.313. The minimum atomic E-state index is -4.33. The zero-order chi connectivity index (χ0) is 13.3. The van der Waals surface area contributed by atoms with E-state index >= 15 is 0 Å². The van der Waals surface area contributed by atoms with Crippen LogP contribution in [0.25, 0.3) is 0 Å². The van der Waals surface area contributed by atoms with E-state index in [9.17, 15) is 13.2 Å². The first-order valence-electron chi connectivity index (χ1n) is 6.15. The maximum absolute atomic E-state index is 12.7. The summed E-state index contributed by atoms with van der Waals surface area (Å²) in [6.45, 7) is 4.50. The molecule has 1 heterocycles. The molecule has 2 rings (SSSR count). The van der Waals surface area contributed by atoms with Crippen molar-refractivity contribution in [1.82, 2.24) is 10.3 Å². The molecule has 1 aromatic heterocycles. The van der Waals surface area contributed by atoms with E-state index in [2.05, 4.69) is 10.3 Å². The van der Waals surface area contributed by atoms with E-state index < -0.39 is 11.2 Å². The molecular weight excluding hydrogens is 261 g/mol. The molecule has 1 N–H and O–H groups in total. The minimum Gasteiger partial charge on any atom is -0.309 e. The predicted molar refractivity (Wildman–Crippen MR) is 65.5 cm³/mol. The Kier molecular flexibility index (Phi) is 3.96. The van der Waals surface area contributed by atoms with Gasteiger partial charge in [0.15, 0.2) is 5.01 Å². The highest BCUT2D eigenvalue weighted by Crippen LogP contribution is 2.35. The molecule has 1 saturated carbocycles. The molecular formula is C12H17F3N2S. The summed E-state index contributed by atoms with van der Waals surface area (Å²) in [4.78, 5) is 4.51. The van der Waals surface area contributed by atoms with E-state index in [-0.39, 0.29) is 0 Å². The highest BCUT2D eigenvalue weighted by Gasteiger charge is 2.36. The summed E-state index contributed by atoms with van der Waals surface area (Å²) in [6.07, 6.45) is -1.46. The molecule has 0 atom stereocenters. The van der Waals surface area contributed by atoms with E-state index in [0.717, 1.165) is 29.1 Å². The van der Waals surface area contributed by atoms with Gasteiger partial charge in [-0.05, 0) is 25.2 Å². The van der Waals surface area contributed by atoms with Crippen LogP contribution >= 0.6 is 11.3 Å². The van der Waals surface area contributed by atoms with Crippen LogP contribution in [0.3, 0.4) is 0 Å². The quantitative estimate of drug-likeness (QED) is 0.890. The van der Waals surface area contributed by atoms with Crippen molar-refractivity contribution in [3.05, 3.63) is 15.6 Å². The maximum Gasteiger partial charge on any atom is 0.443 e. The van der Waals surface area contributed by atoms with Gasteiger partial charge in [-0.15, -0.1) is 11.3 Å². The summed E-state index contributed by atoms with van der Waals surface area (Å²) in [5, 5.41) is 2.54. The predicted octanol–water partition coefficient (Wildman–Crippen LogP) is 3.61. The lowest BCUT2D eigenvalue weighted by atomic mass is 10.1. The standard InChI is InChI=1S/C12H17F3N2S/c1-7(2)5-9-10(6-16-8-3-4-8)18-11(17-9)12(13,14)15/h7-8,16H,3-6H2,1-2H3. The summed E-state index contributed by atoms with van der Waals surface area (Å²) >= 11 is 0.780. The van der Waals surface area contributed by atoms with Gasteiger partial charge in [0.1, 0.15) is 0 Å². The number of nitrogens with zero attached hydrogens (tertiary/aromatic N) is 1. The Hall–Kier alpha value is -0.620. The Labute approximate surface area is 109 Å². The fourth-order valence-electron chi connectivity index (χ4n) is 1.71. The highest BCUT2D eigenvalue weighted by atomic mass is 32.1. The van der Waals surface area contributed by atoms with Gasteiger partial charge >= 0.3 is 6.18 Å². The van der Waals surface area contributed by atoms with Crippen molar-refractivity contribution in [1.29, 1.82) is 0 Å². The van der Waals surface area contributed by atoms with E-state index in [1.807, 2.05) is 13.8 Å². The lowest BCUT2D eigenvalue weighted by Crippen LogP contribution is -2.15. The molecule has 0 unspecified atom stereocenters. The maximum atomic E-state index is 12.7. The largest absolute Gasteiger partial charge is 0.443 e. The molecule has 0 amide bonds. The van der Waals surface area contributed by atoms with Gasteiger partial charge in [0.2, 0.25) is 0 Å². The molecule has 1 aromatic rings. The number of nitrogens with one attached hydrogen (secondary N) is 1. The van der Waals surface area contributed by atoms with Gasteiger partial charge in [-0.2, -0.15) is 13.2 Å². The van der Waals surface area contributed by atoms with Crippen molar-refractivity contribution in [2.75, 3.05) is 0 Å². The number of rotatable bonds is 5. The summed E-state index contributed by atoms with van der Waals surface area (Å²) in [7, 11) is 0. The van der Waals surface area contributed by atoms with E-state index in [4.69, 9.17) is 0 Å². The second kappa shape index (κ2) is 5.17. The van der Waals surface area contributed by atoms with Gasteiger partial charge < -0.3 is 5.32 Å². The van der Waals surface area contributed by atoms with Crippen LogP contribution in [0.4, 0.5) is 13.2 Å². The van der Waals surface area contributed by atoms with Crippen LogP contribution in [0, 0.1) is 5.92 Å². The molecule has 0 radical (unpaired) electrons. The molecule has 1 fully saturated rings. The molecule has 0 spiro atoms. The molecule has 6 heteroatoms. The number of aromatic nitrogens is 1. The first kappa shape index (κ1) is 13.8. The Morgan fingerprint density at radius 3 is 2.56 bits per heavy atom. The van der Waals surface area contributed by atoms with Gasteiger partial charge in [-0.1, -0.05) is 13.8 Å². The lowest BCUT2D eigenvalue weighted by molar-refractivity contribution is -0.137. The molecule has 0 aromatic carbocycles. The average Bonchev–Trinajstić information content (AvgIpc) is 2.96. The molecule has 0 aliphatic heterocycles. The smallest absolute Gasteiger partial charge is 0.309 e. The topological polar surface area (TPSA) is 24.9 Å². The normalized spacial score (nSPS) is 16.6. The van der Waals surface area contributed by atoms with Gasteiger partial charge in [0, 0.05) is 17.5 Å². The molecule has 0 saturated heterocycles. The van der Waals surface area contributed by atoms with Crippen molar-refractivity contribution in [2.45, 2.75) is 51.9 Å². The molecule has 18 heavy (non-hydrogen) atoms. The van der Waals surface area contributed by atoms with Crippen molar-refractivity contribution in [3.63, 3.8) is 0 Å². The van der Waals surface area contributed by atoms with Crippen molar-refractivity contribution < 1.29 is 13.2 Å². The van der Waals surface area contributed by atoms with E-state index in [1.165, 1.54) is 0 Å². The average molecular weight is 278 g/mol. The number of hydrogen-bond acceptors (Lipinski definition) is 3. The number of halogens is 3. The number of hydrogen-bond donors (Lipinski definition) is 1. The first-order valence-corrected chi connectivity index (χ1v) is 6.97. The van der Waals surface area contributed by atoms with Crippen molar-refractivity contribution >= 4 is 11.3 Å². The fourth-order valence-corrected chi connectivity index (χ4v) is 2.62. The Bertz CT molecular complexity index is 408. The monoisotopic (exact) mass is 278 g/mol. The van der Waals surface area contributed by atoms with Gasteiger partial charge in [-0.3, -0.25) is 0 Å². The SMILES string of the molecule is CC(C)Cc1nc(C(F)(F)F)sc1CNC1CC1. The van der Waals surface area contributed by atoms with Crippen molar-refractivity contribution in [2.24, 2.45) is 5.92 Å². The molecule has 1 aliphatic carbocycles. The van der Waals surface area contributed by atoms with Crippen LogP contribution < -0.4 is 5.32 Å².